The van der Waals surface area contributed by atoms with E-state index in [1.54, 1.807) is 37.4 Å². The van der Waals surface area contributed by atoms with E-state index in [4.69, 9.17) is 5.73 Å². The molecular weight excluding hydrogens is 265 g/mol. The Kier molecular flexibility index (Phi) is 3.99. The molecule has 0 fully saturated rings. The first kappa shape index (κ1) is 14.4. The van der Waals surface area contributed by atoms with Crippen molar-refractivity contribution >= 4 is 11.4 Å². The van der Waals surface area contributed by atoms with Gasteiger partial charge in [0.25, 0.3) is 0 Å². The number of nitrogens with two attached hydrogens (primary N) is 1. The summed E-state index contributed by atoms with van der Waals surface area (Å²) in [5.41, 5.74) is 6.01. The molecule has 0 aromatic heterocycles. The number of anilines is 2. The highest BCUT2D eigenvalue weighted by atomic mass is 19.4. The summed E-state index contributed by atoms with van der Waals surface area (Å²) in [4.78, 5) is 1.52. The van der Waals surface area contributed by atoms with Gasteiger partial charge in [0.2, 0.25) is 0 Å². The molecule has 0 unspecified atom stereocenters. The molecular formula is C15H15F3N2. The number of hydrogen-bond donors (Lipinski definition) is 1. The fraction of sp³-hybridized carbons (Fsp3) is 0.200. The molecule has 0 aliphatic carbocycles. The van der Waals surface area contributed by atoms with Crippen LogP contribution in [0.5, 0.6) is 0 Å². The van der Waals surface area contributed by atoms with E-state index in [0.717, 1.165) is 6.07 Å². The van der Waals surface area contributed by atoms with Crippen LogP contribution in [0.15, 0.2) is 48.5 Å². The second kappa shape index (κ2) is 5.54. The summed E-state index contributed by atoms with van der Waals surface area (Å²) in [5.74, 6) is 0. The van der Waals surface area contributed by atoms with Crippen molar-refractivity contribution in [2.24, 2.45) is 5.73 Å². The number of rotatable bonds is 3. The second-order valence-corrected chi connectivity index (χ2v) is 4.45. The molecule has 0 atom stereocenters. The summed E-state index contributed by atoms with van der Waals surface area (Å²) in [6.07, 6.45) is -4.41. The lowest BCUT2D eigenvalue weighted by Gasteiger charge is -2.24. The van der Waals surface area contributed by atoms with E-state index in [0.29, 0.717) is 11.3 Å². The largest absolute Gasteiger partial charge is 0.418 e. The Hall–Kier alpha value is -2.01. The summed E-state index contributed by atoms with van der Waals surface area (Å²) in [5, 5.41) is 0. The maximum absolute atomic E-state index is 13.2. The zero-order valence-electron chi connectivity index (χ0n) is 11.0. The summed E-state index contributed by atoms with van der Waals surface area (Å²) in [7, 11) is 1.61. The second-order valence-electron chi connectivity index (χ2n) is 4.45. The molecule has 106 valence electrons. The van der Waals surface area contributed by atoms with Crippen molar-refractivity contribution in [3.8, 4) is 0 Å². The molecule has 2 aromatic carbocycles. The van der Waals surface area contributed by atoms with Crippen molar-refractivity contribution in [2.45, 2.75) is 12.7 Å². The quantitative estimate of drug-likeness (QED) is 0.923. The van der Waals surface area contributed by atoms with Gasteiger partial charge in [0.1, 0.15) is 0 Å². The van der Waals surface area contributed by atoms with Crippen LogP contribution in [-0.2, 0) is 12.7 Å². The van der Waals surface area contributed by atoms with E-state index < -0.39 is 11.7 Å². The summed E-state index contributed by atoms with van der Waals surface area (Å²) in [6, 6.07) is 13.1. The lowest BCUT2D eigenvalue weighted by molar-refractivity contribution is -0.137. The average Bonchev–Trinajstić information content (AvgIpc) is 2.46. The fourth-order valence-corrected chi connectivity index (χ4v) is 2.02. The molecule has 2 N–H and O–H groups in total. The van der Waals surface area contributed by atoms with Gasteiger partial charge in [-0.1, -0.05) is 24.3 Å². The van der Waals surface area contributed by atoms with Gasteiger partial charge in [-0.25, -0.2) is 0 Å². The van der Waals surface area contributed by atoms with E-state index in [-0.39, 0.29) is 12.2 Å². The molecule has 2 rings (SSSR count). The molecule has 0 amide bonds. The van der Waals surface area contributed by atoms with E-state index in [2.05, 4.69) is 0 Å². The first-order valence-electron chi connectivity index (χ1n) is 6.12. The number of hydrogen-bond acceptors (Lipinski definition) is 2. The lowest BCUT2D eigenvalue weighted by Crippen LogP contribution is -2.17. The topological polar surface area (TPSA) is 29.3 Å². The minimum atomic E-state index is -4.41. The molecule has 2 nitrogen and oxygen atoms in total. The van der Waals surface area contributed by atoms with Crippen molar-refractivity contribution in [3.05, 3.63) is 59.7 Å². The van der Waals surface area contributed by atoms with Gasteiger partial charge in [-0.3, -0.25) is 0 Å². The predicted molar refractivity (Wildman–Crippen MR) is 73.8 cm³/mol. The highest BCUT2D eigenvalue weighted by Gasteiger charge is 2.34. The van der Waals surface area contributed by atoms with Gasteiger partial charge >= 0.3 is 6.18 Å². The molecule has 5 heteroatoms. The van der Waals surface area contributed by atoms with Crippen LogP contribution in [0, 0.1) is 0 Å². The van der Waals surface area contributed by atoms with Crippen LogP contribution in [-0.4, -0.2) is 7.05 Å². The molecule has 0 saturated carbocycles. The van der Waals surface area contributed by atoms with Gasteiger partial charge in [-0.15, -0.1) is 0 Å². The normalized spacial score (nSPS) is 11.4. The van der Waals surface area contributed by atoms with E-state index in [1.807, 2.05) is 6.07 Å². The summed E-state index contributed by atoms with van der Waals surface area (Å²) in [6.45, 7) is 0.0818. The third-order valence-electron chi connectivity index (χ3n) is 3.11. The molecule has 0 saturated heterocycles. The monoisotopic (exact) mass is 280 g/mol. The molecule has 0 heterocycles. The summed E-state index contributed by atoms with van der Waals surface area (Å²) < 4.78 is 39.5. The van der Waals surface area contributed by atoms with Gasteiger partial charge < -0.3 is 10.6 Å². The fourth-order valence-electron chi connectivity index (χ4n) is 2.02. The SMILES string of the molecule is CN(c1ccccc1)c1ccc(CN)cc1C(F)(F)F. The number of benzene rings is 2. The van der Waals surface area contributed by atoms with E-state index in [1.165, 1.54) is 11.0 Å². The first-order valence-corrected chi connectivity index (χ1v) is 6.12. The Morgan fingerprint density at radius 3 is 2.25 bits per heavy atom. The first-order chi connectivity index (χ1) is 9.43. The Balaban J connectivity index is 2.51. The van der Waals surface area contributed by atoms with Crippen molar-refractivity contribution in [1.29, 1.82) is 0 Å². The number of alkyl halides is 3. The molecule has 0 aliphatic heterocycles. The van der Waals surface area contributed by atoms with Gasteiger partial charge in [0.05, 0.1) is 11.3 Å². The minimum absolute atomic E-state index is 0.0818. The Morgan fingerprint density at radius 1 is 1.05 bits per heavy atom. The Morgan fingerprint density at radius 2 is 1.70 bits per heavy atom. The van der Waals surface area contributed by atoms with Crippen molar-refractivity contribution < 1.29 is 13.2 Å². The van der Waals surface area contributed by atoms with Crippen LogP contribution in [0.4, 0.5) is 24.5 Å². The van der Waals surface area contributed by atoms with E-state index in [9.17, 15) is 13.2 Å². The van der Waals surface area contributed by atoms with Crippen molar-refractivity contribution in [3.63, 3.8) is 0 Å². The van der Waals surface area contributed by atoms with Crippen LogP contribution < -0.4 is 10.6 Å². The van der Waals surface area contributed by atoms with Crippen LogP contribution in [0.3, 0.4) is 0 Å². The third kappa shape index (κ3) is 2.93. The van der Waals surface area contributed by atoms with E-state index >= 15 is 0 Å². The number of halogens is 3. The minimum Gasteiger partial charge on any atom is -0.344 e. The zero-order valence-corrected chi connectivity index (χ0v) is 11.0. The highest BCUT2D eigenvalue weighted by Crippen LogP contribution is 2.39. The maximum atomic E-state index is 13.2. The summed E-state index contributed by atoms with van der Waals surface area (Å²) >= 11 is 0. The lowest BCUT2D eigenvalue weighted by atomic mass is 10.1. The van der Waals surface area contributed by atoms with Gasteiger partial charge in [-0.2, -0.15) is 13.2 Å². The van der Waals surface area contributed by atoms with Crippen LogP contribution >= 0.6 is 0 Å². The predicted octanol–water partition coefficient (Wildman–Crippen LogP) is 3.93. The molecule has 0 bridgehead atoms. The average molecular weight is 280 g/mol. The molecule has 20 heavy (non-hydrogen) atoms. The van der Waals surface area contributed by atoms with Gasteiger partial charge in [-0.05, 0) is 29.8 Å². The van der Waals surface area contributed by atoms with Gasteiger partial charge in [0.15, 0.2) is 0 Å². The standard InChI is InChI=1S/C15H15F3N2/c1-20(12-5-3-2-4-6-12)14-8-7-11(10-19)9-13(14)15(16,17)18/h2-9H,10,19H2,1H3. The third-order valence-corrected chi connectivity index (χ3v) is 3.11. The van der Waals surface area contributed by atoms with Crippen molar-refractivity contribution in [2.75, 3.05) is 11.9 Å². The molecule has 0 radical (unpaired) electrons. The Bertz CT molecular complexity index is 579. The van der Waals surface area contributed by atoms with Crippen LogP contribution in [0.2, 0.25) is 0 Å². The van der Waals surface area contributed by atoms with Crippen LogP contribution in [0.25, 0.3) is 0 Å². The maximum Gasteiger partial charge on any atom is 0.418 e. The van der Waals surface area contributed by atoms with Crippen LogP contribution in [0.1, 0.15) is 11.1 Å². The number of nitrogens with zero attached hydrogens (tertiary/aromatic N) is 1. The van der Waals surface area contributed by atoms with Gasteiger partial charge in [0, 0.05) is 19.3 Å². The highest BCUT2D eigenvalue weighted by molar-refractivity contribution is 5.66. The number of para-hydroxylation sites is 1. The van der Waals surface area contributed by atoms with Crippen molar-refractivity contribution in [1.82, 2.24) is 0 Å². The Labute approximate surface area is 115 Å². The zero-order chi connectivity index (χ0) is 14.8. The smallest absolute Gasteiger partial charge is 0.344 e. The molecule has 0 aliphatic rings. The molecule has 2 aromatic rings. The molecule has 0 spiro atoms.